The maximum Gasteiger partial charge on any atom is 0.262 e. The number of nitrogens with zero attached hydrogens (tertiary/aromatic N) is 3. The first-order valence-corrected chi connectivity index (χ1v) is 8.76. The van der Waals surface area contributed by atoms with Crippen LogP contribution in [0.2, 0.25) is 0 Å². The molecule has 2 aliphatic rings. The monoisotopic (exact) mass is 312 g/mol. The molecule has 1 amide bonds. The lowest BCUT2D eigenvalue weighted by atomic mass is 9.86. The molecule has 0 bridgehead atoms. The van der Waals surface area contributed by atoms with Gasteiger partial charge >= 0.3 is 0 Å². The highest BCUT2D eigenvalue weighted by Crippen LogP contribution is 2.28. The second kappa shape index (κ2) is 5.42. The van der Waals surface area contributed by atoms with Crippen molar-refractivity contribution in [2.24, 2.45) is 5.92 Å². The molecule has 3 rings (SSSR count). The number of aromatic nitrogens is 2. The highest BCUT2D eigenvalue weighted by molar-refractivity contribution is 7.89. The largest absolute Gasteiger partial charge is 0.353 e. The minimum absolute atomic E-state index is 0.0780. The van der Waals surface area contributed by atoms with Crippen LogP contribution in [0.5, 0.6) is 0 Å². The molecule has 116 valence electrons. The van der Waals surface area contributed by atoms with Crippen molar-refractivity contribution in [2.75, 3.05) is 13.1 Å². The summed E-state index contributed by atoms with van der Waals surface area (Å²) in [7, 11) is -3.53. The van der Waals surface area contributed by atoms with Gasteiger partial charge in [0.15, 0.2) is 5.03 Å². The number of hydrogen-bond donors (Lipinski definition) is 1. The molecule has 1 aromatic heterocycles. The van der Waals surface area contributed by atoms with E-state index < -0.39 is 10.0 Å². The van der Waals surface area contributed by atoms with Crippen LogP contribution in [-0.4, -0.2) is 47.3 Å². The summed E-state index contributed by atoms with van der Waals surface area (Å²) in [4.78, 5) is 15.4. The Labute approximate surface area is 124 Å². The maximum absolute atomic E-state index is 12.6. The van der Waals surface area contributed by atoms with Gasteiger partial charge in [-0.1, -0.05) is 0 Å². The third-order valence-corrected chi connectivity index (χ3v) is 6.12. The van der Waals surface area contributed by atoms with E-state index in [0.29, 0.717) is 32.5 Å². The summed E-state index contributed by atoms with van der Waals surface area (Å²) in [6.45, 7) is 3.53. The average molecular weight is 312 g/mol. The van der Waals surface area contributed by atoms with Gasteiger partial charge in [-0.15, -0.1) is 0 Å². The zero-order valence-corrected chi connectivity index (χ0v) is 12.8. The topological polar surface area (TPSA) is 84.3 Å². The van der Waals surface area contributed by atoms with E-state index in [4.69, 9.17) is 0 Å². The van der Waals surface area contributed by atoms with E-state index in [1.54, 1.807) is 17.1 Å². The van der Waals surface area contributed by atoms with Gasteiger partial charge in [-0.05, 0) is 25.7 Å². The molecule has 0 saturated carbocycles. The zero-order valence-electron chi connectivity index (χ0n) is 12.0. The molecular weight excluding hydrogens is 292 g/mol. The van der Waals surface area contributed by atoms with Crippen LogP contribution in [0.15, 0.2) is 17.6 Å². The molecular formula is C13H20N4O3S. The lowest BCUT2D eigenvalue weighted by Gasteiger charge is -2.40. The quantitative estimate of drug-likeness (QED) is 0.863. The molecule has 0 spiro atoms. The molecule has 3 heterocycles. The fourth-order valence-corrected chi connectivity index (χ4v) is 4.52. The fourth-order valence-electron chi connectivity index (χ4n) is 3.07. The van der Waals surface area contributed by atoms with Crippen LogP contribution in [0.4, 0.5) is 0 Å². The number of fused-ring (bicyclic) bond motifs is 1. The van der Waals surface area contributed by atoms with Crippen molar-refractivity contribution >= 4 is 15.9 Å². The van der Waals surface area contributed by atoms with Gasteiger partial charge in [0.25, 0.3) is 10.0 Å². The average Bonchev–Trinajstić information content (AvgIpc) is 2.96. The maximum atomic E-state index is 12.6. The van der Waals surface area contributed by atoms with E-state index in [0.717, 1.165) is 6.42 Å². The van der Waals surface area contributed by atoms with Gasteiger partial charge in [-0.25, -0.2) is 13.4 Å². The van der Waals surface area contributed by atoms with Crippen molar-refractivity contribution in [2.45, 2.75) is 43.8 Å². The van der Waals surface area contributed by atoms with E-state index in [1.807, 2.05) is 6.92 Å². The first kappa shape index (κ1) is 14.5. The van der Waals surface area contributed by atoms with Gasteiger partial charge in [-0.2, -0.15) is 4.31 Å². The van der Waals surface area contributed by atoms with Crippen molar-refractivity contribution in [1.82, 2.24) is 19.2 Å². The number of nitrogens with one attached hydrogen (secondary N) is 1. The Morgan fingerprint density at radius 2 is 2.24 bits per heavy atom. The fraction of sp³-hybridized carbons (Fsp3) is 0.692. The second-order valence-electron chi connectivity index (χ2n) is 5.67. The number of hydrogen-bond acceptors (Lipinski definition) is 4. The van der Waals surface area contributed by atoms with E-state index in [2.05, 4.69) is 10.3 Å². The number of sulfonamides is 1. The Kier molecular flexibility index (Phi) is 3.75. The summed E-state index contributed by atoms with van der Waals surface area (Å²) in [6, 6.07) is 0.117. The van der Waals surface area contributed by atoms with Crippen LogP contribution in [-0.2, 0) is 21.4 Å². The molecule has 8 heteroatoms. The normalized spacial score (nSPS) is 27.2. The molecule has 2 saturated heterocycles. The molecule has 21 heavy (non-hydrogen) atoms. The van der Waals surface area contributed by atoms with Gasteiger partial charge in [0.2, 0.25) is 5.91 Å². The van der Waals surface area contributed by atoms with Crippen molar-refractivity contribution in [1.29, 1.82) is 0 Å². The van der Waals surface area contributed by atoms with Gasteiger partial charge in [0.05, 0.1) is 6.33 Å². The molecule has 2 fully saturated rings. The Morgan fingerprint density at radius 1 is 1.43 bits per heavy atom. The zero-order chi connectivity index (χ0) is 15.0. The number of carbonyl (C=O) groups excluding carboxylic acids is 1. The minimum Gasteiger partial charge on any atom is -0.353 e. The summed E-state index contributed by atoms with van der Waals surface area (Å²) in [5.41, 5.74) is 0. The van der Waals surface area contributed by atoms with E-state index in [9.17, 15) is 13.2 Å². The number of piperidine rings is 2. The van der Waals surface area contributed by atoms with E-state index in [-0.39, 0.29) is 22.9 Å². The summed E-state index contributed by atoms with van der Waals surface area (Å²) in [5, 5.41) is 3.08. The summed E-state index contributed by atoms with van der Waals surface area (Å²) in [5.74, 6) is 0.286. The SMILES string of the molecule is CCn1cnc(S(=O)(=O)N2CCC3NC(=O)CCC3C2)c1. The first-order valence-electron chi connectivity index (χ1n) is 7.32. The van der Waals surface area contributed by atoms with Gasteiger partial charge in [0.1, 0.15) is 0 Å². The Morgan fingerprint density at radius 3 is 2.95 bits per heavy atom. The van der Waals surface area contributed by atoms with E-state index in [1.165, 1.54) is 4.31 Å². The standard InChI is InChI=1S/C13H20N4O3S/c1-2-16-8-13(14-9-16)21(19,20)17-6-5-11-10(7-17)3-4-12(18)15-11/h8-11H,2-7H2,1H3,(H,15,18). The molecule has 0 aliphatic carbocycles. The van der Waals surface area contributed by atoms with Crippen LogP contribution in [0, 0.1) is 5.92 Å². The van der Waals surface area contributed by atoms with Crippen molar-refractivity contribution < 1.29 is 13.2 Å². The van der Waals surface area contributed by atoms with Crippen molar-refractivity contribution in [3.05, 3.63) is 12.5 Å². The van der Waals surface area contributed by atoms with Crippen molar-refractivity contribution in [3.8, 4) is 0 Å². The summed E-state index contributed by atoms with van der Waals surface area (Å²) < 4.78 is 28.5. The van der Waals surface area contributed by atoms with E-state index >= 15 is 0 Å². The molecule has 7 nitrogen and oxygen atoms in total. The highest BCUT2D eigenvalue weighted by atomic mass is 32.2. The molecule has 2 atom stereocenters. The Hall–Kier alpha value is -1.41. The molecule has 0 radical (unpaired) electrons. The lowest BCUT2D eigenvalue weighted by Crippen LogP contribution is -2.55. The van der Waals surface area contributed by atoms with Crippen LogP contribution in [0.1, 0.15) is 26.2 Å². The van der Waals surface area contributed by atoms with Crippen LogP contribution < -0.4 is 5.32 Å². The molecule has 2 unspecified atom stereocenters. The van der Waals surface area contributed by atoms with Crippen LogP contribution in [0.3, 0.4) is 0 Å². The number of amides is 1. The van der Waals surface area contributed by atoms with Gasteiger partial charge in [0, 0.05) is 38.3 Å². The minimum atomic E-state index is -3.53. The number of carbonyl (C=O) groups is 1. The molecule has 2 aliphatic heterocycles. The Balaban J connectivity index is 1.76. The lowest BCUT2D eigenvalue weighted by molar-refractivity contribution is -0.124. The predicted octanol–water partition coefficient (Wildman–Crippen LogP) is 0.192. The number of aryl methyl sites for hydroxylation is 1. The van der Waals surface area contributed by atoms with Crippen LogP contribution in [0.25, 0.3) is 0 Å². The summed E-state index contributed by atoms with van der Waals surface area (Å²) in [6.07, 6.45) is 5.03. The molecule has 0 aromatic carbocycles. The first-order chi connectivity index (χ1) is 10.0. The third kappa shape index (κ3) is 2.69. The third-order valence-electron chi connectivity index (χ3n) is 4.36. The second-order valence-corrected chi connectivity index (χ2v) is 7.55. The van der Waals surface area contributed by atoms with Gasteiger partial charge < -0.3 is 9.88 Å². The molecule has 1 aromatic rings. The Bertz CT molecular complexity index is 640. The van der Waals surface area contributed by atoms with Crippen molar-refractivity contribution in [3.63, 3.8) is 0 Å². The van der Waals surface area contributed by atoms with Crippen LogP contribution >= 0.6 is 0 Å². The predicted molar refractivity (Wildman–Crippen MR) is 75.9 cm³/mol. The number of imidazole rings is 1. The molecule has 1 N–H and O–H groups in total. The van der Waals surface area contributed by atoms with Gasteiger partial charge in [-0.3, -0.25) is 4.79 Å². The highest BCUT2D eigenvalue weighted by Gasteiger charge is 2.38. The smallest absolute Gasteiger partial charge is 0.262 e. The number of rotatable bonds is 3. The summed E-state index contributed by atoms with van der Waals surface area (Å²) >= 11 is 0.